The van der Waals surface area contributed by atoms with Gasteiger partial charge in [-0.3, -0.25) is 24.2 Å². The summed E-state index contributed by atoms with van der Waals surface area (Å²) in [5, 5.41) is 12.8. The number of carbonyl (C=O) groups is 5. The lowest BCUT2D eigenvalue weighted by Crippen LogP contribution is -2.60. The Hall–Kier alpha value is -8.43. The van der Waals surface area contributed by atoms with E-state index in [-0.39, 0.29) is 37.6 Å². The number of cyclic esters (lactones) is 1. The highest BCUT2D eigenvalue weighted by Gasteiger charge is 2.76. The Labute approximate surface area is 453 Å². The normalized spacial score (nSPS) is 22.1. The van der Waals surface area contributed by atoms with E-state index < -0.39 is 77.3 Å². The molecule has 4 aliphatic heterocycles. The van der Waals surface area contributed by atoms with Crippen molar-refractivity contribution in [2.45, 2.75) is 56.1 Å². The number of morpholine rings is 1. The Balaban J connectivity index is 1.22. The van der Waals surface area contributed by atoms with E-state index in [1.54, 1.807) is 73.6 Å². The quantitative estimate of drug-likeness (QED) is 0.0921. The third kappa shape index (κ3) is 10.1. The van der Waals surface area contributed by atoms with Crippen molar-refractivity contribution in [1.82, 2.24) is 30.0 Å². The molecule has 2 N–H and O–H groups in total. The summed E-state index contributed by atoms with van der Waals surface area (Å²) in [7, 11) is 3.20. The minimum absolute atomic E-state index is 0.0444. The fourth-order valence-electron chi connectivity index (χ4n) is 11.7. The number of urea groups is 1. The first-order valence-corrected chi connectivity index (χ1v) is 26.3. The van der Waals surface area contributed by atoms with Gasteiger partial charge in [0.15, 0.2) is 0 Å². The van der Waals surface area contributed by atoms with Gasteiger partial charge in [0, 0.05) is 50.7 Å². The molecule has 78 heavy (non-hydrogen) atoms. The molecule has 1 spiro atoms. The van der Waals surface area contributed by atoms with Gasteiger partial charge in [0.05, 0.1) is 44.0 Å². The zero-order chi connectivity index (χ0) is 54.5. The first-order chi connectivity index (χ1) is 37.9. The summed E-state index contributed by atoms with van der Waals surface area (Å²) in [5.74, 6) is 2.72. The van der Waals surface area contributed by atoms with Crippen LogP contribution in [-0.4, -0.2) is 132 Å². The summed E-state index contributed by atoms with van der Waals surface area (Å²) in [6.07, 6.45) is 2.35. The van der Waals surface area contributed by atoms with Crippen LogP contribution in [-0.2, 0) is 40.6 Å². The molecule has 10 rings (SSSR count). The molecule has 1 aromatic heterocycles. The molecule has 4 aliphatic rings. The Morgan fingerprint density at radius 3 is 2.15 bits per heavy atom. The number of aliphatic hydroxyl groups excluding tert-OH is 1. The average Bonchev–Trinajstić information content (AvgIpc) is 4.16. The minimum Gasteiger partial charge on any atom is -0.491 e. The van der Waals surface area contributed by atoms with E-state index in [4.69, 9.17) is 14.2 Å². The number of carbonyl (C=O) groups excluding carboxylic acids is 5. The Kier molecular flexibility index (Phi) is 15.7. The molecule has 17 nitrogen and oxygen atoms in total. The third-order valence-electron chi connectivity index (χ3n) is 15.2. The van der Waals surface area contributed by atoms with Gasteiger partial charge >= 0.3 is 18.0 Å². The number of ether oxygens (including phenoxy) is 3. The summed E-state index contributed by atoms with van der Waals surface area (Å²) in [5.41, 5.74) is 1.81. The molecule has 0 saturated carbocycles. The zero-order valence-electron chi connectivity index (χ0n) is 44.0. The number of nitrogens with one attached hydrogen (secondary N) is 1. The number of aromatic nitrogens is 2. The van der Waals surface area contributed by atoms with Crippen molar-refractivity contribution in [3.63, 3.8) is 0 Å². The number of rotatable bonds is 14. The number of imide groups is 1. The number of fused-ring (bicyclic) bond motifs is 3. The molecular formula is C61H62N8O9. The molecule has 0 radical (unpaired) electrons. The van der Waals surface area contributed by atoms with Gasteiger partial charge in [0.2, 0.25) is 17.8 Å². The lowest BCUT2D eigenvalue weighted by Gasteiger charge is -2.46. The molecule has 0 bridgehead atoms. The molecule has 5 aromatic carbocycles. The highest BCUT2D eigenvalue weighted by atomic mass is 16.6. The summed E-state index contributed by atoms with van der Waals surface area (Å²) < 4.78 is 17.9. The van der Waals surface area contributed by atoms with Crippen LogP contribution in [0.25, 0.3) is 0 Å². The Morgan fingerprint density at radius 2 is 1.49 bits per heavy atom. The number of methoxy groups -OCH3 is 1. The monoisotopic (exact) mass is 1050 g/mol. The highest BCUT2D eigenvalue weighted by molar-refractivity contribution is 6.25. The van der Waals surface area contributed by atoms with Crippen LogP contribution in [0.3, 0.4) is 0 Å². The number of hydrogen-bond donors (Lipinski definition) is 2. The van der Waals surface area contributed by atoms with Crippen LogP contribution in [0.1, 0.15) is 65.4 Å². The Bertz CT molecular complexity index is 3210. The molecule has 3 fully saturated rings. The van der Waals surface area contributed by atoms with Crippen LogP contribution in [0.2, 0.25) is 0 Å². The van der Waals surface area contributed by atoms with Gasteiger partial charge < -0.3 is 34.4 Å². The van der Waals surface area contributed by atoms with Crippen molar-refractivity contribution in [2.75, 3.05) is 69.9 Å². The molecule has 6 aromatic rings. The SMILES string of the molecule is COC(=O)C(NC(=O)N1C(=O)C2(c3cc(C#CCN(C)Cc4ccccc4)ccc31)C(C(=O)N1CCN(c3ncccn3)CC1)C1C(=O)OC(c3ccccc3)C(c3ccccc3)N1C2c1cccc(OCCO)c1)C(C)C. The van der Waals surface area contributed by atoms with Crippen molar-refractivity contribution in [2.24, 2.45) is 11.8 Å². The maximum absolute atomic E-state index is 17.0. The van der Waals surface area contributed by atoms with E-state index in [0.717, 1.165) is 16.0 Å². The number of aliphatic hydroxyl groups is 1. The Morgan fingerprint density at radius 1 is 0.821 bits per heavy atom. The zero-order valence-corrected chi connectivity index (χ0v) is 44.0. The molecule has 0 aliphatic carbocycles. The fourth-order valence-corrected chi connectivity index (χ4v) is 11.7. The lowest BCUT2D eigenvalue weighted by molar-refractivity contribution is -0.179. The van der Waals surface area contributed by atoms with E-state index in [1.807, 2.05) is 114 Å². The number of anilines is 2. The van der Waals surface area contributed by atoms with Gasteiger partial charge in [-0.25, -0.2) is 24.5 Å². The van der Waals surface area contributed by atoms with E-state index in [9.17, 15) is 9.90 Å². The lowest BCUT2D eigenvalue weighted by atomic mass is 9.64. The van der Waals surface area contributed by atoms with Crippen molar-refractivity contribution >= 4 is 41.4 Å². The standard InChI is InChI=1S/C61H62N8O9/c1-40(2)50(56(72)76-4)64-60(75)68-48-27-26-41(19-15-30-65(3)39-42-17-8-5-9-18-42)37-47(48)61(58(68)74)49(55(71)66-31-33-67(34-32-66)59-62-28-16-29-63-59)52-57(73)78-53(44-22-12-7-13-23-44)51(43-20-10-6-11-21-43)69(52)54(61)45-24-14-25-46(38-45)77-36-35-70/h5-14,16-18,20-29,37-38,40,49-54,70H,30-36,39H2,1-4H3,(H,64,75). The number of hydrogen-bond acceptors (Lipinski definition) is 14. The maximum atomic E-state index is 17.0. The number of benzene rings is 5. The van der Waals surface area contributed by atoms with Crippen molar-refractivity contribution in [3.05, 3.63) is 185 Å². The molecular weight excluding hydrogens is 989 g/mol. The number of nitrogens with zero attached hydrogens (tertiary/aromatic N) is 7. The third-order valence-corrected chi connectivity index (χ3v) is 15.2. The molecule has 4 amide bonds. The molecule has 400 valence electrons. The number of amides is 4. The van der Waals surface area contributed by atoms with Crippen molar-refractivity contribution < 1.29 is 43.3 Å². The van der Waals surface area contributed by atoms with Crippen LogP contribution < -0.4 is 19.9 Å². The van der Waals surface area contributed by atoms with E-state index in [1.165, 1.54) is 7.11 Å². The summed E-state index contributed by atoms with van der Waals surface area (Å²) >= 11 is 0. The smallest absolute Gasteiger partial charge is 0.329 e. The van der Waals surface area contributed by atoms with Crippen LogP contribution >= 0.6 is 0 Å². The second kappa shape index (κ2) is 23.0. The maximum Gasteiger partial charge on any atom is 0.329 e. The molecule has 5 heterocycles. The van der Waals surface area contributed by atoms with Crippen LogP contribution in [0.5, 0.6) is 5.75 Å². The molecule has 17 heteroatoms. The second-order valence-corrected chi connectivity index (χ2v) is 20.3. The van der Waals surface area contributed by atoms with Crippen molar-refractivity contribution in [1.29, 1.82) is 0 Å². The minimum atomic E-state index is -2.11. The van der Waals surface area contributed by atoms with Crippen LogP contribution in [0.4, 0.5) is 16.4 Å². The summed E-state index contributed by atoms with van der Waals surface area (Å²) in [6, 6.07) is 37.3. The van der Waals surface area contributed by atoms with Gasteiger partial charge in [0.1, 0.15) is 36.0 Å². The van der Waals surface area contributed by atoms with Gasteiger partial charge in [-0.2, -0.15) is 0 Å². The predicted octanol–water partition coefficient (Wildman–Crippen LogP) is 6.25. The number of piperazine rings is 1. The first-order valence-electron chi connectivity index (χ1n) is 26.3. The second-order valence-electron chi connectivity index (χ2n) is 20.3. The van der Waals surface area contributed by atoms with Crippen LogP contribution in [0.15, 0.2) is 152 Å². The molecule has 3 saturated heterocycles. The van der Waals surface area contributed by atoms with Gasteiger partial charge in [-0.15, -0.1) is 0 Å². The average molecular weight is 1050 g/mol. The van der Waals surface area contributed by atoms with E-state index in [2.05, 4.69) is 32.0 Å². The highest BCUT2D eigenvalue weighted by Crippen LogP contribution is 2.66. The molecule has 7 unspecified atom stereocenters. The van der Waals surface area contributed by atoms with E-state index >= 15 is 19.2 Å². The largest absolute Gasteiger partial charge is 0.491 e. The van der Waals surface area contributed by atoms with Gasteiger partial charge in [0.25, 0.3) is 0 Å². The summed E-state index contributed by atoms with van der Waals surface area (Å²) in [6.45, 7) is 5.23. The summed E-state index contributed by atoms with van der Waals surface area (Å²) in [4.78, 5) is 95.6. The number of esters is 2. The van der Waals surface area contributed by atoms with E-state index in [0.29, 0.717) is 54.6 Å². The predicted molar refractivity (Wildman–Crippen MR) is 291 cm³/mol. The van der Waals surface area contributed by atoms with Crippen molar-refractivity contribution in [3.8, 4) is 17.6 Å². The van der Waals surface area contributed by atoms with Crippen LogP contribution in [0, 0.1) is 23.7 Å². The molecule has 7 atom stereocenters. The fraction of sp³-hybridized carbons (Fsp3) is 0.328. The van der Waals surface area contributed by atoms with Gasteiger partial charge in [-0.05, 0) is 77.2 Å². The topological polar surface area (TPSA) is 187 Å². The van der Waals surface area contributed by atoms with Gasteiger partial charge in [-0.1, -0.05) is 129 Å². The first kappa shape index (κ1) is 53.0.